The maximum absolute atomic E-state index is 14.4. The number of aromatic nitrogens is 1. The fourth-order valence-corrected chi connectivity index (χ4v) is 3.99. The number of nitrogens with zero attached hydrogens (tertiary/aromatic N) is 2. The van der Waals surface area contributed by atoms with Crippen LogP contribution in [0.2, 0.25) is 0 Å². The molecule has 0 bridgehead atoms. The van der Waals surface area contributed by atoms with Gasteiger partial charge in [-0.25, -0.2) is 9.37 Å². The highest BCUT2D eigenvalue weighted by Gasteiger charge is 2.44. The van der Waals surface area contributed by atoms with Crippen LogP contribution in [0.1, 0.15) is 39.2 Å². The van der Waals surface area contributed by atoms with E-state index in [-0.39, 0.29) is 11.2 Å². The molecule has 0 amide bonds. The lowest BCUT2D eigenvalue weighted by atomic mass is 9.73. The van der Waals surface area contributed by atoms with Gasteiger partial charge in [0.25, 0.3) is 0 Å². The molecule has 0 aliphatic carbocycles. The molecule has 1 spiro atoms. The van der Waals surface area contributed by atoms with Gasteiger partial charge in [-0.1, -0.05) is 26.8 Å². The third-order valence-corrected chi connectivity index (χ3v) is 5.63. The molecule has 2 aliphatic rings. The molecule has 2 aromatic rings. The molecule has 0 saturated carbocycles. The molecule has 144 valence electrons. The van der Waals surface area contributed by atoms with Gasteiger partial charge in [0.2, 0.25) is 0 Å². The molecule has 27 heavy (non-hydrogen) atoms. The molecular formula is C22H27FN2O2. The Morgan fingerprint density at radius 2 is 1.78 bits per heavy atom. The largest absolute Gasteiger partial charge is 0.457 e. The number of hydrogen-bond acceptors (Lipinski definition) is 4. The first kappa shape index (κ1) is 18.2. The fraction of sp³-hybridized carbons (Fsp3) is 0.500. The Labute approximate surface area is 160 Å². The first-order valence-corrected chi connectivity index (χ1v) is 9.61. The summed E-state index contributed by atoms with van der Waals surface area (Å²) >= 11 is 0. The lowest BCUT2D eigenvalue weighted by molar-refractivity contribution is -0.000465. The van der Waals surface area contributed by atoms with Crippen LogP contribution in [-0.4, -0.2) is 31.3 Å². The summed E-state index contributed by atoms with van der Waals surface area (Å²) < 4.78 is 25.8. The van der Waals surface area contributed by atoms with Crippen molar-refractivity contribution in [2.45, 2.75) is 39.0 Å². The van der Waals surface area contributed by atoms with Crippen LogP contribution in [0.4, 0.5) is 10.2 Å². The molecule has 3 heterocycles. The van der Waals surface area contributed by atoms with Crippen LogP contribution >= 0.6 is 0 Å². The van der Waals surface area contributed by atoms with Gasteiger partial charge in [0.05, 0.1) is 0 Å². The summed E-state index contributed by atoms with van der Waals surface area (Å²) in [5.74, 6) is 1.85. The van der Waals surface area contributed by atoms with Crippen molar-refractivity contribution >= 4 is 5.82 Å². The van der Waals surface area contributed by atoms with Gasteiger partial charge < -0.3 is 14.4 Å². The van der Waals surface area contributed by atoms with Crippen LogP contribution in [0.3, 0.4) is 0 Å². The minimum Gasteiger partial charge on any atom is -0.457 e. The third-order valence-electron chi connectivity index (χ3n) is 5.63. The Morgan fingerprint density at radius 3 is 2.44 bits per heavy atom. The first-order valence-electron chi connectivity index (χ1n) is 9.61. The van der Waals surface area contributed by atoms with Gasteiger partial charge in [-0.3, -0.25) is 0 Å². The van der Waals surface area contributed by atoms with E-state index in [2.05, 4.69) is 9.88 Å². The van der Waals surface area contributed by atoms with Gasteiger partial charge >= 0.3 is 0 Å². The summed E-state index contributed by atoms with van der Waals surface area (Å²) in [6.07, 6.45) is 4.00. The minimum absolute atomic E-state index is 0.232. The van der Waals surface area contributed by atoms with Gasteiger partial charge in [-0.2, -0.15) is 0 Å². The Hall–Kier alpha value is -2.14. The van der Waals surface area contributed by atoms with E-state index in [1.165, 1.54) is 6.07 Å². The van der Waals surface area contributed by atoms with E-state index in [1.807, 2.05) is 39.0 Å². The molecule has 0 radical (unpaired) electrons. The molecule has 2 saturated heterocycles. The van der Waals surface area contributed by atoms with Crippen LogP contribution in [0.25, 0.3) is 0 Å². The molecule has 0 N–H and O–H groups in total. The smallest absolute Gasteiger partial charge is 0.132 e. The van der Waals surface area contributed by atoms with Crippen molar-refractivity contribution in [2.24, 2.45) is 5.41 Å². The second-order valence-electron chi connectivity index (χ2n) is 8.81. The van der Waals surface area contributed by atoms with Crippen molar-refractivity contribution in [1.29, 1.82) is 0 Å². The molecule has 2 fully saturated rings. The average molecular weight is 370 g/mol. The van der Waals surface area contributed by atoms with Crippen molar-refractivity contribution in [1.82, 2.24) is 4.98 Å². The summed E-state index contributed by atoms with van der Waals surface area (Å²) in [5.41, 5.74) is 0.847. The van der Waals surface area contributed by atoms with Gasteiger partial charge in [0, 0.05) is 50.0 Å². The zero-order valence-corrected chi connectivity index (χ0v) is 16.3. The Kier molecular flexibility index (Phi) is 4.58. The van der Waals surface area contributed by atoms with Crippen LogP contribution < -0.4 is 9.64 Å². The van der Waals surface area contributed by atoms with Crippen LogP contribution in [-0.2, 0) is 10.2 Å². The standard InChI is InChI=1S/C22H27FN2O2/c1-21(2,3)18-5-4-16(12-19(18)23)27-17-6-9-24-20(13-17)25-14-22(15-25)7-10-26-11-8-22/h4-6,9,12-13H,7-8,10-11,14-15H2,1-3H3. The van der Waals surface area contributed by atoms with Crippen molar-refractivity contribution in [2.75, 3.05) is 31.2 Å². The van der Waals surface area contributed by atoms with E-state index in [0.717, 1.165) is 45.0 Å². The van der Waals surface area contributed by atoms with Crippen molar-refractivity contribution in [3.63, 3.8) is 0 Å². The zero-order chi connectivity index (χ0) is 19.1. The highest BCUT2D eigenvalue weighted by molar-refractivity contribution is 5.48. The molecular weight excluding hydrogens is 343 g/mol. The minimum atomic E-state index is -0.238. The number of anilines is 1. The van der Waals surface area contributed by atoms with Gasteiger partial charge in [0.15, 0.2) is 0 Å². The monoisotopic (exact) mass is 370 g/mol. The Bertz CT molecular complexity index is 817. The molecule has 5 heteroatoms. The highest BCUT2D eigenvalue weighted by atomic mass is 19.1. The maximum atomic E-state index is 14.4. The Morgan fingerprint density at radius 1 is 1.07 bits per heavy atom. The number of hydrogen-bond donors (Lipinski definition) is 0. The molecule has 2 aliphatic heterocycles. The topological polar surface area (TPSA) is 34.6 Å². The van der Waals surface area contributed by atoms with Crippen LogP contribution in [0.5, 0.6) is 11.5 Å². The molecule has 1 aromatic carbocycles. The number of rotatable bonds is 3. The van der Waals surface area contributed by atoms with Crippen LogP contribution in [0, 0.1) is 11.2 Å². The second-order valence-corrected chi connectivity index (χ2v) is 8.81. The van der Waals surface area contributed by atoms with E-state index in [1.54, 1.807) is 12.3 Å². The number of halogens is 1. The lowest BCUT2D eigenvalue weighted by Crippen LogP contribution is -2.58. The van der Waals surface area contributed by atoms with E-state index in [4.69, 9.17) is 9.47 Å². The number of ether oxygens (including phenoxy) is 2. The maximum Gasteiger partial charge on any atom is 0.132 e. The average Bonchev–Trinajstić information content (AvgIpc) is 2.59. The lowest BCUT2D eigenvalue weighted by Gasteiger charge is -2.52. The fourth-order valence-electron chi connectivity index (χ4n) is 3.99. The summed E-state index contributed by atoms with van der Waals surface area (Å²) in [5, 5.41) is 0. The van der Waals surface area contributed by atoms with Crippen molar-refractivity contribution in [3.8, 4) is 11.5 Å². The summed E-state index contributed by atoms with van der Waals surface area (Å²) in [7, 11) is 0. The third kappa shape index (κ3) is 3.79. The number of pyridine rings is 1. The molecule has 1 aromatic heterocycles. The van der Waals surface area contributed by atoms with Crippen molar-refractivity contribution < 1.29 is 13.9 Å². The van der Waals surface area contributed by atoms with E-state index < -0.39 is 0 Å². The summed E-state index contributed by atoms with van der Waals surface area (Å²) in [6, 6.07) is 8.83. The van der Waals surface area contributed by atoms with E-state index >= 15 is 0 Å². The van der Waals surface area contributed by atoms with Crippen molar-refractivity contribution in [3.05, 3.63) is 47.9 Å². The number of benzene rings is 1. The molecule has 4 rings (SSSR count). The Balaban J connectivity index is 1.45. The zero-order valence-electron chi connectivity index (χ0n) is 16.3. The first-order chi connectivity index (χ1) is 12.8. The second kappa shape index (κ2) is 6.79. The summed E-state index contributed by atoms with van der Waals surface area (Å²) in [4.78, 5) is 6.76. The quantitative estimate of drug-likeness (QED) is 0.767. The van der Waals surface area contributed by atoms with E-state index in [0.29, 0.717) is 22.5 Å². The molecule has 0 atom stereocenters. The highest BCUT2D eigenvalue weighted by Crippen LogP contribution is 2.42. The predicted octanol–water partition coefficient (Wildman–Crippen LogP) is 4.93. The van der Waals surface area contributed by atoms with Crippen LogP contribution in [0.15, 0.2) is 36.5 Å². The SMILES string of the molecule is CC(C)(C)c1ccc(Oc2ccnc(N3CC4(CCOCC4)C3)c2)cc1F. The van der Waals surface area contributed by atoms with Gasteiger partial charge in [0.1, 0.15) is 23.1 Å². The predicted molar refractivity (Wildman–Crippen MR) is 104 cm³/mol. The molecule has 4 nitrogen and oxygen atoms in total. The summed E-state index contributed by atoms with van der Waals surface area (Å²) in [6.45, 7) is 9.75. The molecule has 0 unspecified atom stereocenters. The normalized spacial score (nSPS) is 19.0. The van der Waals surface area contributed by atoms with E-state index in [9.17, 15) is 4.39 Å². The van der Waals surface area contributed by atoms with Gasteiger partial charge in [-0.15, -0.1) is 0 Å². The van der Waals surface area contributed by atoms with Gasteiger partial charge in [-0.05, 0) is 36.0 Å².